The van der Waals surface area contributed by atoms with Crippen molar-refractivity contribution in [1.29, 1.82) is 0 Å². The number of nitrogens with zero attached hydrogens (tertiary/aromatic N) is 2. The second-order valence-electron chi connectivity index (χ2n) is 6.51. The van der Waals surface area contributed by atoms with Gasteiger partial charge in [0.05, 0.1) is 11.1 Å². The molecule has 0 spiro atoms. The monoisotopic (exact) mass is 356 g/mol. The van der Waals surface area contributed by atoms with Gasteiger partial charge < -0.3 is 4.74 Å². The van der Waals surface area contributed by atoms with Crippen molar-refractivity contribution in [2.75, 3.05) is 0 Å². The molecule has 0 aliphatic rings. The molecule has 4 nitrogen and oxygen atoms in total. The third kappa shape index (κ3) is 3.22. The smallest absolute Gasteiger partial charge is 0.266 e. The van der Waals surface area contributed by atoms with Crippen molar-refractivity contribution < 1.29 is 4.74 Å². The van der Waals surface area contributed by atoms with E-state index in [1.165, 1.54) is 0 Å². The predicted octanol–water partition coefficient (Wildman–Crippen LogP) is 4.58. The summed E-state index contributed by atoms with van der Waals surface area (Å²) in [5.41, 5.74) is 3.46. The largest absolute Gasteiger partial charge is 0.487 e. The molecule has 0 unspecified atom stereocenters. The Morgan fingerprint density at radius 3 is 2.41 bits per heavy atom. The first kappa shape index (κ1) is 17.0. The lowest BCUT2D eigenvalue weighted by Gasteiger charge is -2.15. The molecule has 1 heterocycles. The third-order valence-electron chi connectivity index (χ3n) is 4.62. The van der Waals surface area contributed by atoms with E-state index in [2.05, 4.69) is 0 Å². The molecule has 0 saturated carbocycles. The summed E-state index contributed by atoms with van der Waals surface area (Å²) in [6.45, 7) is 4.27. The van der Waals surface area contributed by atoms with Gasteiger partial charge in [0.25, 0.3) is 5.56 Å². The molecule has 0 aliphatic carbocycles. The van der Waals surface area contributed by atoms with E-state index in [0.717, 1.165) is 16.8 Å². The first-order valence-corrected chi connectivity index (χ1v) is 8.90. The number of ether oxygens (including phenoxy) is 1. The highest BCUT2D eigenvalue weighted by molar-refractivity contribution is 5.84. The fourth-order valence-corrected chi connectivity index (χ4v) is 3.24. The third-order valence-corrected chi connectivity index (χ3v) is 4.62. The van der Waals surface area contributed by atoms with Gasteiger partial charge in [-0.15, -0.1) is 0 Å². The van der Waals surface area contributed by atoms with E-state index in [9.17, 15) is 4.79 Å². The van der Waals surface area contributed by atoms with Crippen LogP contribution < -0.4 is 10.3 Å². The maximum absolute atomic E-state index is 13.2. The highest BCUT2D eigenvalue weighted by Crippen LogP contribution is 2.24. The number of fused-ring (bicyclic) bond motifs is 1. The van der Waals surface area contributed by atoms with Gasteiger partial charge in [-0.05, 0) is 43.2 Å². The van der Waals surface area contributed by atoms with Crippen LogP contribution in [0.15, 0.2) is 77.6 Å². The lowest BCUT2D eigenvalue weighted by Crippen LogP contribution is -2.23. The van der Waals surface area contributed by atoms with Crippen LogP contribution in [0.25, 0.3) is 16.6 Å². The maximum Gasteiger partial charge on any atom is 0.266 e. The summed E-state index contributed by atoms with van der Waals surface area (Å²) in [4.78, 5) is 17.9. The molecular formula is C23H20N2O2. The summed E-state index contributed by atoms with van der Waals surface area (Å²) < 4.78 is 7.64. The molecule has 4 aromatic rings. The first-order chi connectivity index (χ1) is 13.1. The Morgan fingerprint density at radius 2 is 1.63 bits per heavy atom. The number of para-hydroxylation sites is 2. The molecule has 1 aromatic heterocycles. The van der Waals surface area contributed by atoms with Crippen LogP contribution >= 0.6 is 0 Å². The number of aromatic nitrogens is 2. The van der Waals surface area contributed by atoms with E-state index in [1.807, 2.05) is 80.6 Å². The average Bonchev–Trinajstić information content (AvgIpc) is 2.69. The van der Waals surface area contributed by atoms with Gasteiger partial charge >= 0.3 is 0 Å². The van der Waals surface area contributed by atoms with Crippen molar-refractivity contribution in [2.45, 2.75) is 20.5 Å². The molecule has 3 aromatic carbocycles. The molecule has 27 heavy (non-hydrogen) atoms. The molecule has 4 rings (SSSR count). The van der Waals surface area contributed by atoms with E-state index >= 15 is 0 Å². The van der Waals surface area contributed by atoms with E-state index in [1.54, 1.807) is 10.6 Å². The summed E-state index contributed by atoms with van der Waals surface area (Å²) in [7, 11) is 0. The molecule has 0 aliphatic heterocycles. The SMILES string of the molecule is Cc1ccccc1-n1c(C)nc2c(OCc3ccccc3)cccc2c1=O. The van der Waals surface area contributed by atoms with Gasteiger partial charge in [-0.25, -0.2) is 4.98 Å². The average molecular weight is 356 g/mol. The van der Waals surface area contributed by atoms with Gasteiger partial charge in [-0.3, -0.25) is 9.36 Å². The molecule has 0 bridgehead atoms. The quantitative estimate of drug-likeness (QED) is 0.537. The van der Waals surface area contributed by atoms with Crippen molar-refractivity contribution in [3.8, 4) is 11.4 Å². The van der Waals surface area contributed by atoms with Crippen LogP contribution in [0.4, 0.5) is 0 Å². The Hall–Kier alpha value is -3.40. The highest BCUT2D eigenvalue weighted by atomic mass is 16.5. The molecule has 0 saturated heterocycles. The normalized spacial score (nSPS) is 10.9. The molecular weight excluding hydrogens is 336 g/mol. The van der Waals surface area contributed by atoms with Crippen LogP contribution in [0.3, 0.4) is 0 Å². The summed E-state index contributed by atoms with van der Waals surface area (Å²) in [5.74, 6) is 1.26. The van der Waals surface area contributed by atoms with Crippen molar-refractivity contribution >= 4 is 10.9 Å². The van der Waals surface area contributed by atoms with E-state index in [0.29, 0.717) is 29.1 Å². The summed E-state index contributed by atoms with van der Waals surface area (Å²) in [6.07, 6.45) is 0. The summed E-state index contributed by atoms with van der Waals surface area (Å²) in [6, 6.07) is 23.3. The lowest BCUT2D eigenvalue weighted by molar-refractivity contribution is 0.309. The van der Waals surface area contributed by atoms with Crippen molar-refractivity contribution in [2.24, 2.45) is 0 Å². The summed E-state index contributed by atoms with van der Waals surface area (Å²) >= 11 is 0. The first-order valence-electron chi connectivity index (χ1n) is 8.90. The van der Waals surface area contributed by atoms with Crippen LogP contribution in [0.5, 0.6) is 5.75 Å². The van der Waals surface area contributed by atoms with Gasteiger partial charge in [-0.1, -0.05) is 54.6 Å². The Labute approximate surface area is 157 Å². The van der Waals surface area contributed by atoms with Gasteiger partial charge in [0.15, 0.2) is 0 Å². The minimum absolute atomic E-state index is 0.0861. The number of aryl methyl sites for hydroxylation is 2. The fraction of sp³-hybridized carbons (Fsp3) is 0.130. The van der Waals surface area contributed by atoms with E-state index < -0.39 is 0 Å². The van der Waals surface area contributed by atoms with Crippen LogP contribution in [0.1, 0.15) is 17.0 Å². The Bertz CT molecular complexity index is 1160. The molecule has 0 atom stereocenters. The number of rotatable bonds is 4. The standard InChI is InChI=1S/C23H20N2O2/c1-16-9-6-7-13-20(16)25-17(2)24-22-19(23(25)26)12-8-14-21(22)27-15-18-10-4-3-5-11-18/h3-14H,15H2,1-2H3. The number of benzene rings is 3. The van der Waals surface area contributed by atoms with Crippen molar-refractivity contribution in [3.63, 3.8) is 0 Å². The van der Waals surface area contributed by atoms with E-state index in [4.69, 9.17) is 9.72 Å². The molecule has 0 radical (unpaired) electrons. The minimum atomic E-state index is -0.0861. The molecule has 0 amide bonds. The van der Waals surface area contributed by atoms with Gasteiger partial charge in [0, 0.05) is 0 Å². The fourth-order valence-electron chi connectivity index (χ4n) is 3.24. The van der Waals surface area contributed by atoms with Crippen LogP contribution in [0.2, 0.25) is 0 Å². The van der Waals surface area contributed by atoms with Crippen LogP contribution in [-0.2, 0) is 6.61 Å². The van der Waals surface area contributed by atoms with Gasteiger partial charge in [-0.2, -0.15) is 0 Å². The van der Waals surface area contributed by atoms with Crippen LogP contribution in [-0.4, -0.2) is 9.55 Å². The van der Waals surface area contributed by atoms with Crippen LogP contribution in [0, 0.1) is 13.8 Å². The van der Waals surface area contributed by atoms with Gasteiger partial charge in [0.1, 0.15) is 23.7 Å². The molecule has 0 fully saturated rings. The predicted molar refractivity (Wildman–Crippen MR) is 108 cm³/mol. The number of hydrogen-bond donors (Lipinski definition) is 0. The lowest BCUT2D eigenvalue weighted by atomic mass is 10.1. The highest BCUT2D eigenvalue weighted by Gasteiger charge is 2.14. The molecule has 4 heteroatoms. The molecule has 0 N–H and O–H groups in total. The van der Waals surface area contributed by atoms with Crippen molar-refractivity contribution in [1.82, 2.24) is 9.55 Å². The van der Waals surface area contributed by atoms with E-state index in [-0.39, 0.29) is 5.56 Å². The Kier molecular flexibility index (Phi) is 4.47. The Balaban J connectivity index is 1.81. The second-order valence-corrected chi connectivity index (χ2v) is 6.51. The number of hydrogen-bond acceptors (Lipinski definition) is 3. The topological polar surface area (TPSA) is 44.1 Å². The zero-order valence-electron chi connectivity index (χ0n) is 15.3. The van der Waals surface area contributed by atoms with Gasteiger partial charge in [0.2, 0.25) is 0 Å². The summed E-state index contributed by atoms with van der Waals surface area (Å²) in [5, 5.41) is 0.550. The van der Waals surface area contributed by atoms with Crippen molar-refractivity contribution in [3.05, 3.63) is 100 Å². The Morgan fingerprint density at radius 1 is 0.889 bits per heavy atom. The zero-order valence-corrected chi connectivity index (χ0v) is 15.3. The second kappa shape index (κ2) is 7.08. The zero-order chi connectivity index (χ0) is 18.8. The molecule has 134 valence electrons. The minimum Gasteiger partial charge on any atom is -0.487 e. The maximum atomic E-state index is 13.2.